The highest BCUT2D eigenvalue weighted by atomic mass is 35.5. The number of carbonyl (C=O) groups is 7. The highest BCUT2D eigenvalue weighted by Gasteiger charge is 2.65. The molecule has 1 aromatic rings. The minimum atomic E-state index is -4.89. The molecule has 344 valence electrons. The molecule has 20 heteroatoms. The monoisotopic (exact) mass is 917 g/mol. The van der Waals surface area contributed by atoms with Crippen molar-refractivity contribution in [3.8, 4) is 0 Å². The minimum absolute atomic E-state index is 0.0565. The molecule has 0 unspecified atom stereocenters. The predicted molar refractivity (Wildman–Crippen MR) is 221 cm³/mol. The summed E-state index contributed by atoms with van der Waals surface area (Å²) in [6, 6.07) is -2.58. The molecule has 4 aliphatic rings. The van der Waals surface area contributed by atoms with Gasteiger partial charge in [0.15, 0.2) is 0 Å². The van der Waals surface area contributed by atoms with Crippen molar-refractivity contribution in [1.29, 1.82) is 0 Å². The summed E-state index contributed by atoms with van der Waals surface area (Å²) >= 11 is 12.8. The van der Waals surface area contributed by atoms with Crippen molar-refractivity contribution in [2.24, 2.45) is 11.3 Å². The minimum Gasteiger partial charge on any atom is -0.354 e. The van der Waals surface area contributed by atoms with Gasteiger partial charge in [-0.1, -0.05) is 43.5 Å². The van der Waals surface area contributed by atoms with E-state index in [9.17, 15) is 51.1 Å². The van der Waals surface area contributed by atoms with E-state index in [1.54, 1.807) is 18.2 Å². The van der Waals surface area contributed by atoms with Crippen LogP contribution in [0.5, 0.6) is 0 Å². The van der Waals surface area contributed by atoms with Gasteiger partial charge >= 0.3 is 6.18 Å². The topological polar surface area (TPSA) is 169 Å². The van der Waals surface area contributed by atoms with Gasteiger partial charge in [0.05, 0.1) is 6.54 Å². The van der Waals surface area contributed by atoms with E-state index in [2.05, 4.69) is 16.0 Å². The Hall–Kier alpha value is -4.19. The fourth-order valence-electron chi connectivity index (χ4n) is 8.96. The molecule has 62 heavy (non-hydrogen) atoms. The molecule has 4 fully saturated rings. The van der Waals surface area contributed by atoms with Crippen LogP contribution in [0.3, 0.4) is 0 Å². The molecule has 7 amide bonds. The Labute approximate surface area is 369 Å². The van der Waals surface area contributed by atoms with E-state index in [1.807, 2.05) is 13.8 Å². The van der Waals surface area contributed by atoms with Gasteiger partial charge in [-0.3, -0.25) is 33.6 Å². The molecule has 3 N–H and O–H groups in total. The zero-order chi connectivity index (χ0) is 45.8. The lowest BCUT2D eigenvalue weighted by atomic mass is 9.67. The van der Waals surface area contributed by atoms with E-state index in [0.717, 1.165) is 4.90 Å². The van der Waals surface area contributed by atoms with Crippen LogP contribution in [-0.4, -0.2) is 143 Å². The van der Waals surface area contributed by atoms with Gasteiger partial charge in [0.1, 0.15) is 47.8 Å². The second-order valence-electron chi connectivity index (χ2n) is 17.5. The summed E-state index contributed by atoms with van der Waals surface area (Å²) < 4.78 is 56.9. The molecule has 1 aliphatic carbocycles. The number of likely N-dealkylation sites (N-methyl/N-ethyl adjacent to an activating group) is 2. The summed E-state index contributed by atoms with van der Waals surface area (Å²) in [4.78, 5) is 102. The lowest BCUT2D eigenvalue weighted by Crippen LogP contribution is -2.61. The average molecular weight is 919 g/mol. The van der Waals surface area contributed by atoms with Gasteiger partial charge in [0.25, 0.3) is 0 Å². The van der Waals surface area contributed by atoms with Crippen molar-refractivity contribution in [1.82, 2.24) is 35.6 Å². The van der Waals surface area contributed by atoms with Crippen molar-refractivity contribution >= 4 is 64.6 Å². The number of likely N-dealkylation sites (tertiary alicyclic amines) is 1. The Morgan fingerprint density at radius 3 is 2.31 bits per heavy atom. The van der Waals surface area contributed by atoms with Crippen LogP contribution in [0.2, 0.25) is 10.0 Å². The van der Waals surface area contributed by atoms with Crippen LogP contribution in [0.4, 0.5) is 17.6 Å². The molecule has 0 radical (unpaired) electrons. The van der Waals surface area contributed by atoms with Crippen molar-refractivity contribution in [2.75, 3.05) is 33.7 Å². The molecular weight excluding hydrogens is 861 g/mol. The maximum Gasteiger partial charge on any atom is 0.403 e. The van der Waals surface area contributed by atoms with Crippen molar-refractivity contribution in [3.05, 3.63) is 33.8 Å². The molecule has 1 saturated carbocycles. The summed E-state index contributed by atoms with van der Waals surface area (Å²) in [7, 11) is 2.76. The molecule has 1 aromatic carbocycles. The predicted octanol–water partition coefficient (Wildman–Crippen LogP) is 4.19. The summed E-state index contributed by atoms with van der Waals surface area (Å²) in [5.74, 6) is -5.48. The number of nitrogens with one attached hydrogen (secondary N) is 3. The van der Waals surface area contributed by atoms with Crippen LogP contribution in [-0.2, 0) is 40.0 Å². The number of amides is 7. The number of nitrogens with zero attached hydrogens (tertiary/aromatic N) is 4. The van der Waals surface area contributed by atoms with Crippen LogP contribution in [0.1, 0.15) is 90.5 Å². The largest absolute Gasteiger partial charge is 0.403 e. The fourth-order valence-corrected chi connectivity index (χ4v) is 9.35. The third-order valence-electron chi connectivity index (χ3n) is 12.7. The summed E-state index contributed by atoms with van der Waals surface area (Å²) in [5, 5.41) is 8.79. The zero-order valence-electron chi connectivity index (χ0n) is 35.7. The number of benzene rings is 1. The lowest BCUT2D eigenvalue weighted by molar-refractivity contribution is -0.248. The van der Waals surface area contributed by atoms with Gasteiger partial charge in [-0.25, -0.2) is 4.39 Å². The maximum atomic E-state index is 14.7. The second kappa shape index (κ2) is 20.1. The summed E-state index contributed by atoms with van der Waals surface area (Å²) in [6.07, 6.45) is -6.21. The highest BCUT2D eigenvalue weighted by Crippen LogP contribution is 2.54. The molecule has 0 bridgehead atoms. The number of carbonyl (C=O) groups excluding carboxylic acids is 7. The van der Waals surface area contributed by atoms with Crippen molar-refractivity contribution < 1.29 is 51.1 Å². The van der Waals surface area contributed by atoms with E-state index in [1.165, 1.54) is 30.8 Å². The van der Waals surface area contributed by atoms with E-state index < -0.39 is 115 Å². The van der Waals surface area contributed by atoms with E-state index in [0.29, 0.717) is 46.2 Å². The molecule has 3 heterocycles. The van der Waals surface area contributed by atoms with Gasteiger partial charge in [-0.2, -0.15) is 13.2 Å². The van der Waals surface area contributed by atoms with Gasteiger partial charge in [0.2, 0.25) is 41.4 Å². The summed E-state index contributed by atoms with van der Waals surface area (Å²) in [5.41, 5.74) is -2.21. The Morgan fingerprint density at radius 2 is 1.68 bits per heavy atom. The number of fused-ring (bicyclic) bond motifs is 1. The molecule has 14 nitrogen and oxygen atoms in total. The molecule has 3 saturated heterocycles. The SMILES string of the molecule is CC(C)C[C@@H]1NC(=O)[C@@H](N(C)C(=O)[C@H](C)NC(=O)[C@@H]2C[C@@H](F)CN2C(=O)C2(C(F)(F)F)CCC2)CCCCNC(=O)[C@H]2CCCN2C(=O)[C@H](Cc2cc(Cl)ccc2Cl)N(C)C1=O. The summed E-state index contributed by atoms with van der Waals surface area (Å²) in [6.45, 7) is 4.76. The molecule has 7 atom stereocenters. The smallest absolute Gasteiger partial charge is 0.354 e. The third-order valence-corrected chi connectivity index (χ3v) is 13.3. The second-order valence-corrected chi connectivity index (χ2v) is 18.4. The lowest BCUT2D eigenvalue weighted by Gasteiger charge is -2.44. The average Bonchev–Trinajstić information content (AvgIpc) is 3.83. The zero-order valence-corrected chi connectivity index (χ0v) is 37.2. The van der Waals surface area contributed by atoms with Crippen molar-refractivity contribution in [3.63, 3.8) is 0 Å². The first-order valence-corrected chi connectivity index (χ1v) is 22.0. The Kier molecular flexibility index (Phi) is 15.8. The van der Waals surface area contributed by atoms with Crippen LogP contribution in [0, 0.1) is 11.3 Å². The van der Waals surface area contributed by atoms with Crippen LogP contribution < -0.4 is 16.0 Å². The van der Waals surface area contributed by atoms with Crippen LogP contribution in [0.25, 0.3) is 0 Å². The van der Waals surface area contributed by atoms with Gasteiger partial charge in [-0.05, 0) is 88.0 Å². The Balaban J connectivity index is 1.39. The number of alkyl halides is 4. The third kappa shape index (κ3) is 10.6. The normalized spacial score (nSPS) is 27.0. The first kappa shape index (κ1) is 48.8. The standard InChI is InChI=1S/C42H57Cl2F4N7O7/c1-23(2)18-29-38(60)53(5)33(20-25-19-26(43)12-13-28(25)44)39(61)54-17-8-11-31(54)34(56)49-16-7-6-10-30(35(57)51-29)52(4)37(59)24(3)50-36(58)32-21-27(45)22-55(32)40(62)41(14-9-15-41)42(46,47)48/h12-13,19,23-24,27,29-33H,6-11,14-18,20-22H2,1-5H3,(H,49,56)(H,50,58)(H,51,57)/t24-,27+,29-,30-,31+,32-,33-/m0/s1. The Morgan fingerprint density at radius 1 is 0.984 bits per heavy atom. The number of hydrogen-bond donors (Lipinski definition) is 3. The number of halogens is 6. The van der Waals surface area contributed by atoms with Gasteiger partial charge in [0, 0.05) is 50.1 Å². The number of hydrogen-bond acceptors (Lipinski definition) is 7. The van der Waals surface area contributed by atoms with Crippen LogP contribution in [0.15, 0.2) is 18.2 Å². The molecular formula is C42H57Cl2F4N7O7. The molecule has 0 aromatic heterocycles. The van der Waals surface area contributed by atoms with E-state index in [-0.39, 0.29) is 50.6 Å². The van der Waals surface area contributed by atoms with Gasteiger partial charge in [-0.15, -0.1) is 0 Å². The van der Waals surface area contributed by atoms with Gasteiger partial charge < -0.3 is 35.6 Å². The van der Waals surface area contributed by atoms with Crippen molar-refractivity contribution in [2.45, 2.75) is 140 Å². The highest BCUT2D eigenvalue weighted by molar-refractivity contribution is 6.33. The number of rotatable bonds is 9. The maximum absolute atomic E-state index is 14.7. The molecule has 3 aliphatic heterocycles. The fraction of sp³-hybridized carbons (Fsp3) is 0.690. The van der Waals surface area contributed by atoms with Crippen LogP contribution >= 0.6 is 23.2 Å². The molecule has 5 rings (SSSR count). The first-order valence-electron chi connectivity index (χ1n) is 21.3. The molecule has 0 spiro atoms. The van der Waals surface area contributed by atoms with E-state index >= 15 is 0 Å². The quantitative estimate of drug-likeness (QED) is 0.313. The van der Waals surface area contributed by atoms with E-state index in [4.69, 9.17) is 23.2 Å². The first-order chi connectivity index (χ1) is 29.1. The Bertz CT molecular complexity index is 1890.